The number of carbonyl (C=O) groups is 1. The number of para-hydroxylation sites is 2. The van der Waals surface area contributed by atoms with E-state index in [2.05, 4.69) is 10.4 Å². The number of aryl methyl sites for hydroxylation is 1. The van der Waals surface area contributed by atoms with Gasteiger partial charge in [-0.3, -0.25) is 4.79 Å². The van der Waals surface area contributed by atoms with Crippen LogP contribution < -0.4 is 10.1 Å². The minimum Gasteiger partial charge on any atom is -0.481 e. The number of aromatic nitrogens is 2. The molecule has 5 nitrogen and oxygen atoms in total. The summed E-state index contributed by atoms with van der Waals surface area (Å²) in [5.41, 5.74) is 1.63. The Labute approximate surface area is 155 Å². The highest BCUT2D eigenvalue weighted by molar-refractivity contribution is 6.37. The summed E-state index contributed by atoms with van der Waals surface area (Å²) in [5.74, 6) is 0.504. The summed E-state index contributed by atoms with van der Waals surface area (Å²) in [7, 11) is 0. The lowest BCUT2D eigenvalue weighted by molar-refractivity contribution is -0.118. The molecule has 0 bridgehead atoms. The van der Waals surface area contributed by atoms with Crippen molar-refractivity contribution in [2.24, 2.45) is 0 Å². The lowest BCUT2D eigenvalue weighted by Crippen LogP contribution is -2.22. The highest BCUT2D eigenvalue weighted by atomic mass is 35.5. The van der Waals surface area contributed by atoms with Crippen molar-refractivity contribution in [2.45, 2.75) is 6.92 Å². The van der Waals surface area contributed by atoms with Crippen molar-refractivity contribution < 1.29 is 9.53 Å². The molecule has 3 rings (SSSR count). The maximum absolute atomic E-state index is 12.2. The highest BCUT2D eigenvalue weighted by Gasteiger charge is 2.13. The number of anilines is 1. The molecule has 0 radical (unpaired) electrons. The highest BCUT2D eigenvalue weighted by Crippen LogP contribution is 2.32. The molecule has 0 aliphatic carbocycles. The molecule has 1 N–H and O–H groups in total. The Morgan fingerprint density at radius 1 is 1.12 bits per heavy atom. The Balaban J connectivity index is 1.72. The Morgan fingerprint density at radius 3 is 2.48 bits per heavy atom. The molecule has 0 spiro atoms. The molecule has 0 aliphatic rings. The van der Waals surface area contributed by atoms with Gasteiger partial charge in [0.1, 0.15) is 5.82 Å². The van der Waals surface area contributed by atoms with E-state index >= 15 is 0 Å². The van der Waals surface area contributed by atoms with Crippen LogP contribution in [0.15, 0.2) is 54.6 Å². The summed E-state index contributed by atoms with van der Waals surface area (Å²) in [6, 6.07) is 16.3. The Morgan fingerprint density at radius 2 is 1.80 bits per heavy atom. The van der Waals surface area contributed by atoms with Crippen LogP contribution in [0.2, 0.25) is 10.0 Å². The van der Waals surface area contributed by atoms with Crippen LogP contribution in [0.1, 0.15) is 5.69 Å². The van der Waals surface area contributed by atoms with Gasteiger partial charge in [0, 0.05) is 6.07 Å². The molecule has 0 unspecified atom stereocenters. The molecule has 3 aromatic rings. The van der Waals surface area contributed by atoms with Crippen molar-refractivity contribution in [2.75, 3.05) is 11.9 Å². The van der Waals surface area contributed by atoms with Gasteiger partial charge in [0.15, 0.2) is 12.4 Å². The maximum Gasteiger partial charge on any atom is 0.263 e. The van der Waals surface area contributed by atoms with Gasteiger partial charge in [0.05, 0.1) is 21.4 Å². The molecule has 128 valence electrons. The van der Waals surface area contributed by atoms with E-state index in [4.69, 9.17) is 27.9 Å². The van der Waals surface area contributed by atoms with Gasteiger partial charge < -0.3 is 10.1 Å². The third-order valence-corrected chi connectivity index (χ3v) is 3.96. The van der Waals surface area contributed by atoms with E-state index in [0.29, 0.717) is 15.9 Å². The zero-order chi connectivity index (χ0) is 17.8. The number of nitrogens with one attached hydrogen (secondary N) is 1. The van der Waals surface area contributed by atoms with E-state index < -0.39 is 0 Å². The van der Waals surface area contributed by atoms with Crippen molar-refractivity contribution in [1.82, 2.24) is 9.78 Å². The first-order valence-corrected chi connectivity index (χ1v) is 8.29. The molecule has 1 aromatic heterocycles. The third kappa shape index (κ3) is 4.13. The van der Waals surface area contributed by atoms with Crippen molar-refractivity contribution in [3.8, 4) is 11.4 Å². The second kappa shape index (κ2) is 7.59. The quantitative estimate of drug-likeness (QED) is 0.713. The SMILES string of the molecule is Cc1cc(NC(=O)COc2c(Cl)cccc2Cl)n(-c2ccccc2)n1. The Bertz CT molecular complexity index is 874. The smallest absolute Gasteiger partial charge is 0.263 e. The van der Waals surface area contributed by atoms with E-state index in [1.807, 2.05) is 37.3 Å². The van der Waals surface area contributed by atoms with Crippen LogP contribution >= 0.6 is 23.2 Å². The molecule has 0 saturated carbocycles. The summed E-state index contributed by atoms with van der Waals surface area (Å²) in [6.45, 7) is 1.64. The number of ether oxygens (including phenoxy) is 1. The van der Waals surface area contributed by atoms with Gasteiger partial charge in [0.2, 0.25) is 0 Å². The van der Waals surface area contributed by atoms with Crippen molar-refractivity contribution in [1.29, 1.82) is 0 Å². The number of benzene rings is 2. The molecule has 1 heterocycles. The minimum absolute atomic E-state index is 0.220. The molecule has 0 aliphatic heterocycles. The minimum atomic E-state index is -0.340. The molecular weight excluding hydrogens is 361 g/mol. The predicted molar refractivity (Wildman–Crippen MR) is 98.9 cm³/mol. The number of nitrogens with zero attached hydrogens (tertiary/aromatic N) is 2. The standard InChI is InChI=1S/C18H15Cl2N3O2/c1-12-10-16(23(22-12)13-6-3-2-4-7-13)21-17(24)11-25-18-14(19)8-5-9-15(18)20/h2-10H,11H2,1H3,(H,21,24). The van der Waals surface area contributed by atoms with E-state index in [0.717, 1.165) is 11.4 Å². The van der Waals surface area contributed by atoms with E-state index in [-0.39, 0.29) is 18.3 Å². The van der Waals surface area contributed by atoms with Crippen LogP contribution in [-0.2, 0) is 4.79 Å². The van der Waals surface area contributed by atoms with E-state index in [1.54, 1.807) is 28.9 Å². The number of rotatable bonds is 5. The van der Waals surface area contributed by atoms with Crippen LogP contribution in [0.4, 0.5) is 5.82 Å². The fourth-order valence-electron chi connectivity index (χ4n) is 2.29. The summed E-state index contributed by atoms with van der Waals surface area (Å²) < 4.78 is 7.11. The lowest BCUT2D eigenvalue weighted by Gasteiger charge is -2.11. The average molecular weight is 376 g/mol. The summed E-state index contributed by atoms with van der Waals surface area (Å²) >= 11 is 12.1. The van der Waals surface area contributed by atoms with Gasteiger partial charge in [-0.1, -0.05) is 47.5 Å². The van der Waals surface area contributed by atoms with Crippen LogP contribution in [0.3, 0.4) is 0 Å². The summed E-state index contributed by atoms with van der Waals surface area (Å²) in [4.78, 5) is 12.2. The summed E-state index contributed by atoms with van der Waals surface area (Å²) in [6.07, 6.45) is 0. The largest absolute Gasteiger partial charge is 0.481 e. The van der Waals surface area contributed by atoms with E-state index in [9.17, 15) is 4.79 Å². The topological polar surface area (TPSA) is 56.1 Å². The zero-order valence-corrected chi connectivity index (χ0v) is 14.9. The molecule has 0 atom stereocenters. The first-order chi connectivity index (χ1) is 12.0. The van der Waals surface area contributed by atoms with Gasteiger partial charge in [-0.25, -0.2) is 4.68 Å². The monoisotopic (exact) mass is 375 g/mol. The fourth-order valence-corrected chi connectivity index (χ4v) is 2.80. The molecule has 25 heavy (non-hydrogen) atoms. The average Bonchev–Trinajstić information content (AvgIpc) is 2.95. The van der Waals surface area contributed by atoms with Crippen LogP contribution in [0, 0.1) is 6.92 Å². The van der Waals surface area contributed by atoms with Gasteiger partial charge in [0.25, 0.3) is 5.91 Å². The molecule has 2 aromatic carbocycles. The number of amides is 1. The van der Waals surface area contributed by atoms with Crippen molar-refractivity contribution in [3.63, 3.8) is 0 Å². The number of halogens is 2. The van der Waals surface area contributed by atoms with Crippen molar-refractivity contribution in [3.05, 3.63) is 70.3 Å². The molecule has 1 amide bonds. The molecule has 0 saturated heterocycles. The molecule has 0 fully saturated rings. The van der Waals surface area contributed by atoms with Crippen molar-refractivity contribution >= 4 is 34.9 Å². The van der Waals surface area contributed by atoms with Gasteiger partial charge in [-0.2, -0.15) is 5.10 Å². The Hall–Kier alpha value is -2.50. The third-order valence-electron chi connectivity index (χ3n) is 3.37. The van der Waals surface area contributed by atoms with Crippen LogP contribution in [-0.4, -0.2) is 22.3 Å². The second-order valence-corrected chi connectivity index (χ2v) is 6.12. The Kier molecular flexibility index (Phi) is 5.26. The van der Waals surface area contributed by atoms with Gasteiger partial charge in [-0.15, -0.1) is 0 Å². The van der Waals surface area contributed by atoms with Crippen LogP contribution in [0.25, 0.3) is 5.69 Å². The van der Waals surface area contributed by atoms with Crippen LogP contribution in [0.5, 0.6) is 5.75 Å². The number of hydrogen-bond acceptors (Lipinski definition) is 3. The van der Waals surface area contributed by atoms with Gasteiger partial charge in [-0.05, 0) is 31.2 Å². The number of carbonyl (C=O) groups excluding carboxylic acids is 1. The van der Waals surface area contributed by atoms with E-state index in [1.165, 1.54) is 0 Å². The maximum atomic E-state index is 12.2. The predicted octanol–water partition coefficient (Wildman–Crippen LogP) is 4.51. The van der Waals surface area contributed by atoms with Gasteiger partial charge >= 0.3 is 0 Å². The number of hydrogen-bond donors (Lipinski definition) is 1. The molecular formula is C18H15Cl2N3O2. The molecule has 7 heteroatoms. The normalized spacial score (nSPS) is 10.5. The lowest BCUT2D eigenvalue weighted by atomic mass is 10.3. The second-order valence-electron chi connectivity index (χ2n) is 5.31. The fraction of sp³-hybridized carbons (Fsp3) is 0.111. The summed E-state index contributed by atoms with van der Waals surface area (Å²) in [5, 5.41) is 7.89. The first-order valence-electron chi connectivity index (χ1n) is 7.53. The zero-order valence-electron chi connectivity index (χ0n) is 13.4. The first kappa shape index (κ1) is 17.3.